The number of aromatic amines is 2. The minimum absolute atomic E-state index is 0.0309. The van der Waals surface area contributed by atoms with E-state index >= 15 is 8.78 Å². The van der Waals surface area contributed by atoms with Gasteiger partial charge in [-0.2, -0.15) is 0 Å². The largest absolute Gasteiger partial charge is 0.454 e. The molecule has 0 fully saturated rings. The Morgan fingerprint density at radius 2 is 1.87 bits per heavy atom. The Morgan fingerprint density at radius 3 is 2.67 bits per heavy atom. The molecule has 8 nitrogen and oxygen atoms in total. The molecule has 0 aliphatic carbocycles. The van der Waals surface area contributed by atoms with Gasteiger partial charge in [-0.1, -0.05) is 12.1 Å². The highest BCUT2D eigenvalue weighted by Gasteiger charge is 2.33. The highest BCUT2D eigenvalue weighted by molar-refractivity contribution is 14.1. The van der Waals surface area contributed by atoms with Gasteiger partial charge in [-0.25, -0.2) is 22.2 Å². The third kappa shape index (κ3) is 6.25. The molecule has 1 aliphatic rings. The lowest BCUT2D eigenvalue weighted by atomic mass is 9.77. The van der Waals surface area contributed by atoms with Crippen LogP contribution in [0.2, 0.25) is 0 Å². The fourth-order valence-electron chi connectivity index (χ4n) is 5.45. The first-order chi connectivity index (χ1) is 21.4. The number of carbonyl (C=O) groups is 1. The molecule has 4 bridgehead atoms. The molecule has 6 rings (SSSR count). The molecule has 1 atom stereocenters. The Balaban J connectivity index is 1.51. The van der Waals surface area contributed by atoms with E-state index in [9.17, 15) is 13.2 Å². The van der Waals surface area contributed by atoms with Gasteiger partial charge in [0.25, 0.3) is 0 Å². The number of nitrogens with zero attached hydrogens (tertiary/aromatic N) is 2. The van der Waals surface area contributed by atoms with Crippen molar-refractivity contribution >= 4 is 55.3 Å². The highest BCUT2D eigenvalue weighted by atomic mass is 127. The molecule has 0 spiro atoms. The molecule has 0 saturated carbocycles. The predicted octanol–water partition coefficient (Wildman–Crippen LogP) is 6.83. The standard InChI is InChI=1S/C33H29F2IN4O4S/c1-33(20-4-3-5-21(36)16-20)11-14-45(42,43)15-13-40(2)30(41)9-7-24-23-10-12-37-28(23)18-27(35)31(24)44-22-6-8-26(34)25(17-22)32-38-19-29(33)39-32/h3-10,12,16-19,37H,11,13-15H2,1-2H3,(H,38,39)/b9-7-. The summed E-state index contributed by atoms with van der Waals surface area (Å²) in [6.45, 7) is 1.89. The van der Waals surface area contributed by atoms with Crippen molar-refractivity contribution in [3.05, 3.63) is 105 Å². The maximum absolute atomic E-state index is 15.5. The summed E-state index contributed by atoms with van der Waals surface area (Å²) in [5.41, 5.74) is 1.50. The first-order valence-electron chi connectivity index (χ1n) is 14.2. The summed E-state index contributed by atoms with van der Waals surface area (Å²) in [6.07, 6.45) is 6.12. The summed E-state index contributed by atoms with van der Waals surface area (Å²) >= 11 is 2.20. The number of aromatic nitrogens is 3. The first kappa shape index (κ1) is 31.0. The molecule has 0 saturated heterocycles. The number of benzene rings is 3. The molecule has 5 aromatic rings. The molecular weight excluding hydrogens is 713 g/mol. The van der Waals surface area contributed by atoms with E-state index in [1.54, 1.807) is 18.5 Å². The van der Waals surface area contributed by atoms with Crippen LogP contribution in [0.15, 0.2) is 73.1 Å². The average Bonchev–Trinajstić information content (AvgIpc) is 3.69. The molecule has 1 amide bonds. The number of hydrogen-bond acceptors (Lipinski definition) is 5. The van der Waals surface area contributed by atoms with Gasteiger partial charge in [0.15, 0.2) is 21.4 Å². The van der Waals surface area contributed by atoms with Crippen molar-refractivity contribution in [3.8, 4) is 22.9 Å². The van der Waals surface area contributed by atoms with Crippen LogP contribution >= 0.6 is 22.6 Å². The summed E-state index contributed by atoms with van der Waals surface area (Å²) in [5.74, 6) is -1.92. The van der Waals surface area contributed by atoms with Gasteiger partial charge < -0.3 is 19.6 Å². The van der Waals surface area contributed by atoms with Crippen LogP contribution in [0.4, 0.5) is 8.78 Å². The smallest absolute Gasteiger partial charge is 0.246 e. The van der Waals surface area contributed by atoms with Crippen molar-refractivity contribution in [2.45, 2.75) is 18.8 Å². The molecule has 3 aromatic carbocycles. The zero-order valence-electron chi connectivity index (χ0n) is 24.4. The van der Waals surface area contributed by atoms with Gasteiger partial charge in [0, 0.05) is 69.3 Å². The molecule has 45 heavy (non-hydrogen) atoms. The number of amides is 1. The minimum atomic E-state index is -3.60. The number of rotatable bonds is 1. The average molecular weight is 743 g/mol. The number of halogens is 3. The summed E-state index contributed by atoms with van der Waals surface area (Å²) in [7, 11) is -2.09. The van der Waals surface area contributed by atoms with E-state index in [4.69, 9.17) is 4.74 Å². The zero-order valence-corrected chi connectivity index (χ0v) is 27.4. The summed E-state index contributed by atoms with van der Waals surface area (Å²) in [5, 5.41) is 0.597. The van der Waals surface area contributed by atoms with E-state index in [0.29, 0.717) is 16.6 Å². The van der Waals surface area contributed by atoms with Crippen LogP contribution < -0.4 is 4.74 Å². The van der Waals surface area contributed by atoms with E-state index < -0.39 is 32.8 Å². The molecule has 2 aromatic heterocycles. The monoisotopic (exact) mass is 742 g/mol. The highest BCUT2D eigenvalue weighted by Crippen LogP contribution is 2.39. The maximum Gasteiger partial charge on any atom is 0.246 e. The van der Waals surface area contributed by atoms with Crippen LogP contribution in [0.25, 0.3) is 28.4 Å². The van der Waals surface area contributed by atoms with Gasteiger partial charge in [0.1, 0.15) is 17.4 Å². The van der Waals surface area contributed by atoms with Gasteiger partial charge in [-0.15, -0.1) is 0 Å². The van der Waals surface area contributed by atoms with E-state index in [-0.39, 0.29) is 52.9 Å². The van der Waals surface area contributed by atoms with E-state index in [2.05, 4.69) is 37.5 Å². The Bertz CT molecular complexity index is 2070. The number of sulfone groups is 1. The van der Waals surface area contributed by atoms with Gasteiger partial charge in [-0.05, 0) is 84.0 Å². The quantitative estimate of drug-likeness (QED) is 0.183. The van der Waals surface area contributed by atoms with Crippen LogP contribution in [-0.4, -0.2) is 59.3 Å². The molecule has 1 unspecified atom stereocenters. The first-order valence-corrected chi connectivity index (χ1v) is 17.1. The van der Waals surface area contributed by atoms with Crippen LogP contribution in [-0.2, 0) is 20.0 Å². The zero-order chi connectivity index (χ0) is 31.9. The fraction of sp³-hybridized carbons (Fsp3) is 0.212. The van der Waals surface area contributed by atoms with Gasteiger partial charge in [0.2, 0.25) is 5.91 Å². The Kier molecular flexibility index (Phi) is 8.29. The van der Waals surface area contributed by atoms with E-state index in [0.717, 1.165) is 9.13 Å². The Morgan fingerprint density at radius 1 is 1.04 bits per heavy atom. The van der Waals surface area contributed by atoms with Crippen molar-refractivity contribution in [1.29, 1.82) is 0 Å². The summed E-state index contributed by atoms with van der Waals surface area (Å²) in [6, 6.07) is 14.8. The van der Waals surface area contributed by atoms with E-state index in [1.807, 2.05) is 31.2 Å². The van der Waals surface area contributed by atoms with Crippen molar-refractivity contribution in [1.82, 2.24) is 19.9 Å². The van der Waals surface area contributed by atoms with Gasteiger partial charge >= 0.3 is 0 Å². The van der Waals surface area contributed by atoms with Crippen molar-refractivity contribution in [3.63, 3.8) is 0 Å². The molecule has 2 N–H and O–H groups in total. The van der Waals surface area contributed by atoms with Gasteiger partial charge in [0.05, 0.1) is 17.1 Å². The fourth-order valence-corrected chi connectivity index (χ4v) is 7.47. The maximum atomic E-state index is 15.5. The molecule has 1 aliphatic heterocycles. The van der Waals surface area contributed by atoms with Crippen molar-refractivity contribution in [2.24, 2.45) is 0 Å². The second kappa shape index (κ2) is 12.0. The SMILES string of the molecule is CN1CCS(=O)(=O)CCC(C)(c2cccc(I)c2)c2cnc([nH]2)-c2cc(ccc2F)Oc2c(F)cc3[nH]ccc3c2/C=C\C1=O. The number of carbonyl (C=O) groups excluding carboxylic acids is 1. The molecule has 232 valence electrons. The van der Waals surface area contributed by atoms with Crippen LogP contribution in [0.1, 0.15) is 30.2 Å². The number of likely N-dealkylation sites (N-methyl/N-ethyl adjacent to an activating group) is 1. The molecule has 12 heteroatoms. The molecule has 0 radical (unpaired) electrons. The van der Waals surface area contributed by atoms with Crippen LogP contribution in [0.3, 0.4) is 0 Å². The Hall–Kier alpha value is -4.04. The second-order valence-corrected chi connectivity index (χ2v) is 14.8. The number of H-pyrrole nitrogens is 2. The summed E-state index contributed by atoms with van der Waals surface area (Å²) in [4.78, 5) is 25.0. The second-order valence-electron chi connectivity index (χ2n) is 11.3. The van der Waals surface area contributed by atoms with Crippen molar-refractivity contribution < 1.29 is 26.7 Å². The topological polar surface area (TPSA) is 108 Å². The predicted molar refractivity (Wildman–Crippen MR) is 178 cm³/mol. The normalized spacial score (nSPS) is 19.7. The van der Waals surface area contributed by atoms with Crippen LogP contribution in [0, 0.1) is 15.2 Å². The lowest BCUT2D eigenvalue weighted by molar-refractivity contribution is -0.124. The van der Waals surface area contributed by atoms with Crippen LogP contribution in [0.5, 0.6) is 11.5 Å². The molecular formula is C33H29F2IN4O4S. The van der Waals surface area contributed by atoms with Crippen molar-refractivity contribution in [2.75, 3.05) is 25.1 Å². The molecule has 3 heterocycles. The van der Waals surface area contributed by atoms with E-state index in [1.165, 1.54) is 48.4 Å². The Labute approximate surface area is 272 Å². The number of fused-ring (bicyclic) bond motifs is 8. The third-order valence-electron chi connectivity index (χ3n) is 8.27. The third-order valence-corrected chi connectivity index (χ3v) is 10.6. The minimum Gasteiger partial charge on any atom is -0.454 e. The number of hydrogen-bond donors (Lipinski definition) is 2. The lowest BCUT2D eigenvalue weighted by Gasteiger charge is -2.29. The number of ether oxygens (including phenoxy) is 1. The van der Waals surface area contributed by atoms with Gasteiger partial charge in [-0.3, -0.25) is 4.79 Å². The summed E-state index contributed by atoms with van der Waals surface area (Å²) < 4.78 is 64.4. The number of imidazole rings is 1. The number of nitrogens with one attached hydrogen (secondary N) is 2. The lowest BCUT2D eigenvalue weighted by Crippen LogP contribution is -2.33.